The third-order valence-corrected chi connectivity index (χ3v) is 4.31. The molecule has 0 radical (unpaired) electrons. The first-order valence-electron chi connectivity index (χ1n) is 8.09. The van der Waals surface area contributed by atoms with Crippen LogP contribution in [0.3, 0.4) is 0 Å². The zero-order chi connectivity index (χ0) is 16.5. The minimum absolute atomic E-state index is 0.0589. The van der Waals surface area contributed by atoms with Crippen molar-refractivity contribution in [2.45, 2.75) is 19.4 Å². The molecule has 1 aliphatic rings. The van der Waals surface area contributed by atoms with Crippen molar-refractivity contribution in [3.05, 3.63) is 48.0 Å². The molecule has 0 spiro atoms. The van der Waals surface area contributed by atoms with Gasteiger partial charge in [-0.3, -0.25) is 4.79 Å². The van der Waals surface area contributed by atoms with Crippen LogP contribution in [-0.2, 0) is 6.54 Å². The number of ketones is 1. The van der Waals surface area contributed by atoms with Gasteiger partial charge < -0.3 is 9.30 Å². The number of rotatable bonds is 4. The lowest BCUT2D eigenvalue weighted by Crippen LogP contribution is -2.00. The minimum atomic E-state index is -0.506. The molecular weight excluding hydrogens is 306 g/mol. The van der Waals surface area contributed by atoms with Crippen LogP contribution in [0.5, 0.6) is 5.75 Å². The average molecular weight is 323 g/mol. The van der Waals surface area contributed by atoms with E-state index in [1.807, 2.05) is 42.5 Å². The van der Waals surface area contributed by atoms with Gasteiger partial charge in [0.2, 0.25) is 0 Å². The Bertz CT molecular complexity index is 900. The molecule has 0 fully saturated rings. The number of benzene rings is 2. The minimum Gasteiger partial charge on any atom is -0.491 e. The van der Waals surface area contributed by atoms with Crippen LogP contribution >= 0.6 is 0 Å². The van der Waals surface area contributed by atoms with Gasteiger partial charge in [0.1, 0.15) is 24.9 Å². The first-order valence-corrected chi connectivity index (χ1v) is 8.09. The molecular formula is C19H17FN2O2. The number of halogens is 1. The van der Waals surface area contributed by atoms with Crippen molar-refractivity contribution >= 4 is 16.8 Å². The molecule has 24 heavy (non-hydrogen) atoms. The Morgan fingerprint density at radius 1 is 1.17 bits per heavy atom. The number of imidazole rings is 1. The van der Waals surface area contributed by atoms with Gasteiger partial charge in [-0.05, 0) is 42.8 Å². The van der Waals surface area contributed by atoms with Crippen LogP contribution in [0.2, 0.25) is 0 Å². The van der Waals surface area contributed by atoms with Crippen LogP contribution in [0.25, 0.3) is 22.4 Å². The van der Waals surface area contributed by atoms with Crippen LogP contribution in [0.4, 0.5) is 4.39 Å². The standard InChI is InChI=1S/C19H17FN2O2/c20-10-12-24-14-8-6-13(7-9-14)19-21-16-4-1-3-15-17(23)5-2-11-22(19)18(15)16/h1,3-4,6-9H,2,5,10-12H2/i20-1. The van der Waals surface area contributed by atoms with Crippen LogP contribution in [-0.4, -0.2) is 28.6 Å². The van der Waals surface area contributed by atoms with Gasteiger partial charge in [-0.25, -0.2) is 9.37 Å². The van der Waals surface area contributed by atoms with Gasteiger partial charge in [-0.15, -0.1) is 0 Å². The zero-order valence-corrected chi connectivity index (χ0v) is 13.2. The number of carbonyl (C=O) groups excluding carboxylic acids is 1. The monoisotopic (exact) mass is 323 g/mol. The van der Waals surface area contributed by atoms with E-state index in [1.165, 1.54) is 0 Å². The predicted molar refractivity (Wildman–Crippen MR) is 90.2 cm³/mol. The highest BCUT2D eigenvalue weighted by molar-refractivity contribution is 6.07. The topological polar surface area (TPSA) is 44.1 Å². The number of Topliss-reactive ketones (excluding diaryl/α,β-unsaturated/α-hetero) is 1. The van der Waals surface area contributed by atoms with E-state index < -0.39 is 6.67 Å². The van der Waals surface area contributed by atoms with Crippen molar-refractivity contribution < 1.29 is 13.9 Å². The van der Waals surface area contributed by atoms with Crippen LogP contribution < -0.4 is 4.74 Å². The molecule has 0 atom stereocenters. The Labute approximate surface area is 138 Å². The Kier molecular flexibility index (Phi) is 3.76. The van der Waals surface area contributed by atoms with Crippen molar-refractivity contribution in [2.24, 2.45) is 0 Å². The van der Waals surface area contributed by atoms with E-state index in [9.17, 15) is 9.18 Å². The highest BCUT2D eigenvalue weighted by atomic mass is 18.2. The quantitative estimate of drug-likeness (QED) is 0.728. The molecule has 2 heterocycles. The smallest absolute Gasteiger partial charge is 0.165 e. The van der Waals surface area contributed by atoms with Crippen molar-refractivity contribution in [2.75, 3.05) is 13.3 Å². The van der Waals surface area contributed by atoms with Crippen molar-refractivity contribution in [1.29, 1.82) is 0 Å². The maximum Gasteiger partial charge on any atom is 0.165 e. The Morgan fingerprint density at radius 2 is 2.00 bits per heavy atom. The molecule has 4 nitrogen and oxygen atoms in total. The molecule has 1 aliphatic heterocycles. The summed E-state index contributed by atoms with van der Waals surface area (Å²) in [5, 5.41) is 0. The molecule has 2 aromatic carbocycles. The van der Waals surface area contributed by atoms with Crippen LogP contribution in [0, 0.1) is 0 Å². The Balaban J connectivity index is 1.81. The van der Waals surface area contributed by atoms with E-state index in [0.717, 1.165) is 41.0 Å². The van der Waals surface area contributed by atoms with Gasteiger partial charge in [0.05, 0.1) is 11.0 Å². The summed E-state index contributed by atoms with van der Waals surface area (Å²) in [6, 6.07) is 13.2. The van der Waals surface area contributed by atoms with Crippen molar-refractivity contribution in [3.63, 3.8) is 0 Å². The van der Waals surface area contributed by atoms with Gasteiger partial charge in [-0.2, -0.15) is 0 Å². The molecule has 5 heteroatoms. The second-order valence-corrected chi connectivity index (χ2v) is 5.85. The average Bonchev–Trinajstić information content (AvgIpc) is 2.90. The van der Waals surface area contributed by atoms with Crippen LogP contribution in [0.15, 0.2) is 42.5 Å². The largest absolute Gasteiger partial charge is 0.491 e. The van der Waals surface area contributed by atoms with E-state index in [0.29, 0.717) is 12.2 Å². The number of ether oxygens (including phenoxy) is 1. The van der Waals surface area contributed by atoms with Crippen LogP contribution in [0.1, 0.15) is 23.2 Å². The summed E-state index contributed by atoms with van der Waals surface area (Å²) < 4.78 is 19.6. The highest BCUT2D eigenvalue weighted by Crippen LogP contribution is 2.31. The summed E-state index contributed by atoms with van der Waals surface area (Å²) in [5.74, 6) is 1.67. The zero-order valence-electron chi connectivity index (χ0n) is 13.2. The number of alkyl halides is 1. The molecule has 0 bridgehead atoms. The second kappa shape index (κ2) is 6.07. The van der Waals surface area contributed by atoms with E-state index in [-0.39, 0.29) is 12.4 Å². The molecule has 0 N–H and O–H groups in total. The molecule has 1 aromatic heterocycles. The lowest BCUT2D eigenvalue weighted by molar-refractivity contribution is 0.0982. The lowest BCUT2D eigenvalue weighted by atomic mass is 10.1. The van der Waals surface area contributed by atoms with Gasteiger partial charge in [0, 0.05) is 24.1 Å². The van der Waals surface area contributed by atoms with E-state index in [1.54, 1.807) is 0 Å². The van der Waals surface area contributed by atoms with Gasteiger partial charge in [0.25, 0.3) is 0 Å². The van der Waals surface area contributed by atoms with Gasteiger partial charge in [0.15, 0.2) is 5.78 Å². The fourth-order valence-electron chi connectivity index (χ4n) is 3.24. The van der Waals surface area contributed by atoms with Gasteiger partial charge >= 0.3 is 0 Å². The Morgan fingerprint density at radius 3 is 2.79 bits per heavy atom. The predicted octanol–water partition coefficient (Wildman–Crippen LogP) is 4.03. The summed E-state index contributed by atoms with van der Waals surface area (Å²) in [6.45, 7) is 0.326. The maximum absolute atomic E-state index is 12.3. The Hall–Kier alpha value is -2.69. The number of carbonyl (C=O) groups is 1. The summed E-state index contributed by atoms with van der Waals surface area (Å²) in [7, 11) is 0. The normalized spacial score (nSPS) is 14.0. The number of para-hydroxylation sites is 1. The van der Waals surface area contributed by atoms with Crippen molar-refractivity contribution in [1.82, 2.24) is 9.55 Å². The fraction of sp³-hybridized carbons (Fsp3) is 0.263. The highest BCUT2D eigenvalue weighted by Gasteiger charge is 2.21. The van der Waals surface area contributed by atoms with E-state index in [4.69, 9.17) is 9.72 Å². The first-order chi connectivity index (χ1) is 11.8. The molecule has 0 amide bonds. The molecule has 122 valence electrons. The molecule has 0 saturated heterocycles. The third-order valence-electron chi connectivity index (χ3n) is 4.31. The molecule has 0 aliphatic carbocycles. The lowest BCUT2D eigenvalue weighted by Gasteiger charge is -2.08. The number of nitrogens with zero attached hydrogens (tertiary/aromatic N) is 2. The summed E-state index contributed by atoms with van der Waals surface area (Å²) in [6.07, 6.45) is 1.37. The number of aryl methyl sites for hydroxylation is 1. The number of hydrogen-bond donors (Lipinski definition) is 0. The molecule has 0 unspecified atom stereocenters. The first kappa shape index (κ1) is 14.9. The molecule has 4 rings (SSSR count). The number of aromatic nitrogens is 2. The maximum atomic E-state index is 12.3. The SMILES string of the molecule is O=C1CCCn2c(-c3ccc(OCC[18F])cc3)nc3cccc1c32. The van der Waals surface area contributed by atoms with Crippen molar-refractivity contribution in [3.8, 4) is 17.1 Å². The number of hydrogen-bond acceptors (Lipinski definition) is 3. The third kappa shape index (κ3) is 2.46. The summed E-state index contributed by atoms with van der Waals surface area (Å²) >= 11 is 0. The van der Waals surface area contributed by atoms with E-state index in [2.05, 4.69) is 4.57 Å². The summed E-state index contributed by atoms with van der Waals surface area (Å²) in [4.78, 5) is 17.0. The summed E-state index contributed by atoms with van der Waals surface area (Å²) in [5.41, 5.74) is 3.48. The van der Waals surface area contributed by atoms with E-state index >= 15 is 0 Å². The second-order valence-electron chi connectivity index (χ2n) is 5.85. The van der Waals surface area contributed by atoms with Gasteiger partial charge in [-0.1, -0.05) is 6.07 Å². The molecule has 3 aromatic rings. The molecule has 0 saturated carbocycles. The fourth-order valence-corrected chi connectivity index (χ4v) is 3.24.